The monoisotopic (exact) mass is 387 g/mol. The summed E-state index contributed by atoms with van der Waals surface area (Å²) in [5.41, 5.74) is 3.98. The topological polar surface area (TPSA) is 86.5 Å². The summed E-state index contributed by atoms with van der Waals surface area (Å²) in [4.78, 5) is 21.4. The molecule has 1 N–H and O–H groups in total. The number of amides is 1. The van der Waals surface area contributed by atoms with Gasteiger partial charge in [0.1, 0.15) is 13.2 Å². The van der Waals surface area contributed by atoms with Crippen molar-refractivity contribution in [3.63, 3.8) is 0 Å². The Balaban J connectivity index is 1.44. The fourth-order valence-corrected chi connectivity index (χ4v) is 3.27. The van der Waals surface area contributed by atoms with Gasteiger partial charge in [-0.2, -0.15) is 4.98 Å². The second-order valence-electron chi connectivity index (χ2n) is 6.63. The fraction of sp³-hybridized carbons (Fsp3) is 0.136. The summed E-state index contributed by atoms with van der Waals surface area (Å²) < 4.78 is 16.9. The minimum atomic E-state index is -0.235. The molecule has 0 saturated carbocycles. The average Bonchev–Trinajstić information content (AvgIpc) is 3.19. The van der Waals surface area contributed by atoms with E-state index < -0.39 is 0 Å². The van der Waals surface area contributed by atoms with Crippen LogP contribution in [0.5, 0.6) is 11.5 Å². The van der Waals surface area contributed by atoms with E-state index in [-0.39, 0.29) is 5.91 Å². The molecule has 0 fully saturated rings. The zero-order valence-electron chi connectivity index (χ0n) is 15.6. The lowest BCUT2D eigenvalue weighted by Gasteiger charge is -2.19. The molecule has 7 heteroatoms. The third-order valence-corrected chi connectivity index (χ3v) is 4.78. The number of rotatable bonds is 3. The Labute approximate surface area is 166 Å². The zero-order valence-corrected chi connectivity index (χ0v) is 15.6. The first-order valence-corrected chi connectivity index (χ1v) is 9.21. The number of oxazole rings is 1. The maximum atomic E-state index is 12.8. The quantitative estimate of drug-likeness (QED) is 0.566. The number of pyridine rings is 1. The van der Waals surface area contributed by atoms with Crippen LogP contribution >= 0.6 is 0 Å². The predicted octanol–water partition coefficient (Wildman–Crippen LogP) is 4.22. The Bertz CT molecular complexity index is 1200. The summed E-state index contributed by atoms with van der Waals surface area (Å²) >= 11 is 0. The fourth-order valence-electron chi connectivity index (χ4n) is 3.27. The standard InChI is InChI=1S/C22H17N3O4/c1-13-15(22-25-20-18(29-22)6-3-9-23-20)4-2-5-16(13)24-21(26)14-7-8-17-19(12-14)28-11-10-27-17/h2-9,12H,10-11H2,1H3,(H,24,26). The molecule has 1 aliphatic rings. The highest BCUT2D eigenvalue weighted by Crippen LogP contribution is 2.32. The lowest BCUT2D eigenvalue weighted by Crippen LogP contribution is -2.17. The van der Waals surface area contributed by atoms with Gasteiger partial charge in [0.15, 0.2) is 22.7 Å². The molecule has 0 unspecified atom stereocenters. The number of carbonyl (C=O) groups is 1. The molecule has 0 radical (unpaired) electrons. The van der Waals surface area contributed by atoms with Crippen LogP contribution < -0.4 is 14.8 Å². The van der Waals surface area contributed by atoms with E-state index in [1.54, 1.807) is 30.5 Å². The number of benzene rings is 2. The van der Waals surface area contributed by atoms with Crippen molar-refractivity contribution in [2.24, 2.45) is 0 Å². The molecule has 2 aromatic carbocycles. The zero-order chi connectivity index (χ0) is 19.8. The van der Waals surface area contributed by atoms with Crippen LogP contribution in [0.4, 0.5) is 5.69 Å². The van der Waals surface area contributed by atoms with Crippen LogP contribution in [0, 0.1) is 6.92 Å². The van der Waals surface area contributed by atoms with Crippen molar-refractivity contribution in [1.29, 1.82) is 0 Å². The van der Waals surface area contributed by atoms with Gasteiger partial charge >= 0.3 is 0 Å². The first-order chi connectivity index (χ1) is 14.2. The van der Waals surface area contributed by atoms with Crippen molar-refractivity contribution in [3.8, 4) is 23.0 Å². The third-order valence-electron chi connectivity index (χ3n) is 4.78. The van der Waals surface area contributed by atoms with E-state index in [1.807, 2.05) is 31.2 Å². The molecule has 0 bridgehead atoms. The Morgan fingerprint density at radius 1 is 1.03 bits per heavy atom. The van der Waals surface area contributed by atoms with Gasteiger partial charge in [0.2, 0.25) is 5.89 Å². The maximum Gasteiger partial charge on any atom is 0.255 e. The van der Waals surface area contributed by atoms with Gasteiger partial charge in [-0.15, -0.1) is 0 Å². The van der Waals surface area contributed by atoms with Gasteiger partial charge in [0, 0.05) is 23.0 Å². The average molecular weight is 387 g/mol. The molecule has 4 aromatic rings. The van der Waals surface area contributed by atoms with Crippen LogP contribution in [-0.4, -0.2) is 29.1 Å². The smallest absolute Gasteiger partial charge is 0.255 e. The van der Waals surface area contributed by atoms with Gasteiger partial charge < -0.3 is 19.2 Å². The maximum absolute atomic E-state index is 12.8. The van der Waals surface area contributed by atoms with Gasteiger partial charge in [-0.05, 0) is 55.0 Å². The lowest BCUT2D eigenvalue weighted by molar-refractivity contribution is 0.102. The molecule has 0 aliphatic carbocycles. The number of fused-ring (bicyclic) bond motifs is 2. The molecule has 2 aromatic heterocycles. The Kier molecular flexibility index (Phi) is 4.13. The molecule has 1 amide bonds. The van der Waals surface area contributed by atoms with E-state index >= 15 is 0 Å². The molecule has 0 spiro atoms. The first-order valence-electron chi connectivity index (χ1n) is 9.21. The SMILES string of the molecule is Cc1c(NC(=O)c2ccc3c(c2)OCCO3)cccc1-c1nc2ncccc2o1. The third kappa shape index (κ3) is 3.16. The number of carbonyl (C=O) groups excluding carboxylic acids is 1. The van der Waals surface area contributed by atoms with Crippen LogP contribution in [0.1, 0.15) is 15.9 Å². The number of ether oxygens (including phenoxy) is 2. The van der Waals surface area contributed by atoms with Crippen molar-refractivity contribution >= 4 is 22.8 Å². The van der Waals surface area contributed by atoms with E-state index in [1.165, 1.54) is 0 Å². The highest BCUT2D eigenvalue weighted by molar-refractivity contribution is 6.05. The van der Waals surface area contributed by atoms with Gasteiger partial charge in [0.05, 0.1) is 0 Å². The molecule has 7 nitrogen and oxygen atoms in total. The summed E-state index contributed by atoms with van der Waals surface area (Å²) in [5, 5.41) is 2.96. The van der Waals surface area contributed by atoms with Gasteiger partial charge in [0.25, 0.3) is 5.91 Å². The van der Waals surface area contributed by atoms with Gasteiger partial charge in [-0.25, -0.2) is 4.98 Å². The highest BCUT2D eigenvalue weighted by Gasteiger charge is 2.17. The molecular weight excluding hydrogens is 370 g/mol. The minimum Gasteiger partial charge on any atom is -0.486 e. The molecule has 0 saturated heterocycles. The molecule has 29 heavy (non-hydrogen) atoms. The number of hydrogen-bond acceptors (Lipinski definition) is 6. The first kappa shape index (κ1) is 17.2. The number of aromatic nitrogens is 2. The lowest BCUT2D eigenvalue weighted by atomic mass is 10.1. The van der Waals surface area contributed by atoms with Crippen LogP contribution in [0.2, 0.25) is 0 Å². The van der Waals surface area contributed by atoms with Crippen LogP contribution in [0.3, 0.4) is 0 Å². The van der Waals surface area contributed by atoms with Gasteiger partial charge in [-0.1, -0.05) is 6.07 Å². The highest BCUT2D eigenvalue weighted by atomic mass is 16.6. The van der Waals surface area contributed by atoms with Crippen LogP contribution in [0.15, 0.2) is 59.1 Å². The van der Waals surface area contributed by atoms with E-state index in [0.29, 0.717) is 53.1 Å². The van der Waals surface area contributed by atoms with E-state index in [2.05, 4.69) is 15.3 Å². The Hall–Kier alpha value is -3.87. The Morgan fingerprint density at radius 3 is 2.76 bits per heavy atom. The summed E-state index contributed by atoms with van der Waals surface area (Å²) in [6.07, 6.45) is 1.67. The van der Waals surface area contributed by atoms with Crippen molar-refractivity contribution in [2.75, 3.05) is 18.5 Å². The predicted molar refractivity (Wildman–Crippen MR) is 107 cm³/mol. The summed E-state index contributed by atoms with van der Waals surface area (Å²) in [6, 6.07) is 14.4. The van der Waals surface area contributed by atoms with Crippen LogP contribution in [-0.2, 0) is 0 Å². The summed E-state index contributed by atoms with van der Waals surface area (Å²) in [7, 11) is 0. The van der Waals surface area contributed by atoms with E-state index in [4.69, 9.17) is 13.9 Å². The molecule has 144 valence electrons. The van der Waals surface area contributed by atoms with Crippen molar-refractivity contribution in [3.05, 3.63) is 65.9 Å². The number of hydrogen-bond donors (Lipinski definition) is 1. The summed E-state index contributed by atoms with van der Waals surface area (Å²) in [5.74, 6) is 1.46. The molecule has 3 heterocycles. The molecule has 0 atom stereocenters. The minimum absolute atomic E-state index is 0.235. The normalized spacial score (nSPS) is 12.7. The molecule has 5 rings (SSSR count). The summed E-state index contributed by atoms with van der Waals surface area (Å²) in [6.45, 7) is 2.89. The van der Waals surface area contributed by atoms with E-state index in [9.17, 15) is 4.79 Å². The second-order valence-corrected chi connectivity index (χ2v) is 6.63. The number of anilines is 1. The van der Waals surface area contributed by atoms with Crippen LogP contribution in [0.25, 0.3) is 22.7 Å². The second kappa shape index (κ2) is 6.94. The van der Waals surface area contributed by atoms with Crippen molar-refractivity contribution in [2.45, 2.75) is 6.92 Å². The van der Waals surface area contributed by atoms with Crippen molar-refractivity contribution in [1.82, 2.24) is 9.97 Å². The van der Waals surface area contributed by atoms with Gasteiger partial charge in [-0.3, -0.25) is 4.79 Å². The molecule has 1 aliphatic heterocycles. The Morgan fingerprint density at radius 2 is 1.90 bits per heavy atom. The van der Waals surface area contributed by atoms with Crippen molar-refractivity contribution < 1.29 is 18.7 Å². The molecular formula is C22H17N3O4. The largest absolute Gasteiger partial charge is 0.486 e. The van der Waals surface area contributed by atoms with E-state index in [0.717, 1.165) is 11.1 Å². The number of nitrogens with one attached hydrogen (secondary N) is 1. The number of nitrogens with zero attached hydrogens (tertiary/aromatic N) is 2.